The molecule has 5 nitrogen and oxygen atoms in total. The number of hydrogen-bond acceptors (Lipinski definition) is 4. The zero-order chi connectivity index (χ0) is 20.4. The second kappa shape index (κ2) is 7.80. The predicted molar refractivity (Wildman–Crippen MR) is 114 cm³/mol. The number of oxazole rings is 1. The molecule has 146 valence electrons. The summed E-state index contributed by atoms with van der Waals surface area (Å²) >= 11 is 0. The summed E-state index contributed by atoms with van der Waals surface area (Å²) in [5.74, 6) is 1.46. The third kappa shape index (κ3) is 3.99. The van der Waals surface area contributed by atoms with Crippen molar-refractivity contribution in [2.24, 2.45) is 0 Å². The number of fused-ring (bicyclic) bond motifs is 1. The summed E-state index contributed by atoms with van der Waals surface area (Å²) in [6.45, 7) is 4.32. The van der Waals surface area contributed by atoms with Gasteiger partial charge in [-0.2, -0.15) is 0 Å². The van der Waals surface area contributed by atoms with E-state index in [1.54, 1.807) is 37.4 Å². The lowest BCUT2D eigenvalue weighted by Crippen LogP contribution is -2.11. The molecular formula is C24H22N2O3. The van der Waals surface area contributed by atoms with E-state index in [2.05, 4.69) is 36.3 Å². The van der Waals surface area contributed by atoms with Crippen LogP contribution in [0.25, 0.3) is 22.6 Å². The maximum absolute atomic E-state index is 12.5. The van der Waals surface area contributed by atoms with Crippen molar-refractivity contribution in [1.29, 1.82) is 0 Å². The van der Waals surface area contributed by atoms with Gasteiger partial charge in [-0.15, -0.1) is 0 Å². The highest BCUT2D eigenvalue weighted by atomic mass is 16.5. The molecule has 0 aliphatic heterocycles. The Morgan fingerprint density at radius 2 is 1.83 bits per heavy atom. The minimum Gasteiger partial charge on any atom is -0.497 e. The van der Waals surface area contributed by atoms with Gasteiger partial charge >= 0.3 is 0 Å². The third-order valence-corrected chi connectivity index (χ3v) is 4.80. The molecule has 5 heteroatoms. The summed E-state index contributed by atoms with van der Waals surface area (Å²) in [6, 6.07) is 20.7. The van der Waals surface area contributed by atoms with Crippen molar-refractivity contribution < 1.29 is 13.9 Å². The van der Waals surface area contributed by atoms with Crippen molar-refractivity contribution >= 4 is 22.7 Å². The number of amides is 1. The monoisotopic (exact) mass is 386 g/mol. The minimum atomic E-state index is -0.212. The summed E-state index contributed by atoms with van der Waals surface area (Å²) in [4.78, 5) is 17.1. The quantitative estimate of drug-likeness (QED) is 0.465. The normalized spacial score (nSPS) is 11.0. The molecule has 1 amide bonds. The standard InChI is InChI=1S/C24H22N2O3/c1-15(2)16-7-9-17(10-8-16)24-26-21-14-19(11-12-22(21)29-24)25-23(27)18-5-4-6-20(13-18)28-3/h4-15H,1-3H3,(H,25,27). The first-order chi connectivity index (χ1) is 14.0. The maximum atomic E-state index is 12.5. The second-order valence-electron chi connectivity index (χ2n) is 7.16. The fourth-order valence-electron chi connectivity index (χ4n) is 3.11. The summed E-state index contributed by atoms with van der Waals surface area (Å²) in [5, 5.41) is 2.89. The number of methoxy groups -OCH3 is 1. The first-order valence-corrected chi connectivity index (χ1v) is 9.50. The first-order valence-electron chi connectivity index (χ1n) is 9.50. The van der Waals surface area contributed by atoms with Crippen LogP contribution in [-0.2, 0) is 0 Å². The molecule has 1 heterocycles. The molecule has 1 N–H and O–H groups in total. The van der Waals surface area contributed by atoms with Gasteiger partial charge in [0, 0.05) is 16.8 Å². The smallest absolute Gasteiger partial charge is 0.255 e. The number of anilines is 1. The fraction of sp³-hybridized carbons (Fsp3) is 0.167. The number of rotatable bonds is 5. The fourth-order valence-corrected chi connectivity index (χ4v) is 3.11. The molecule has 0 fully saturated rings. The van der Waals surface area contributed by atoms with Gasteiger partial charge in [0.1, 0.15) is 11.3 Å². The molecule has 0 aliphatic rings. The Morgan fingerprint density at radius 3 is 2.55 bits per heavy atom. The van der Waals surface area contributed by atoms with Gasteiger partial charge in [-0.3, -0.25) is 4.79 Å². The molecule has 3 aromatic carbocycles. The van der Waals surface area contributed by atoms with E-state index in [4.69, 9.17) is 9.15 Å². The van der Waals surface area contributed by atoms with E-state index in [0.717, 1.165) is 5.56 Å². The van der Waals surface area contributed by atoms with Gasteiger partial charge in [0.25, 0.3) is 5.91 Å². The highest BCUT2D eigenvalue weighted by Crippen LogP contribution is 2.27. The number of ether oxygens (including phenoxy) is 1. The Morgan fingerprint density at radius 1 is 1.03 bits per heavy atom. The number of nitrogens with one attached hydrogen (secondary N) is 1. The van der Waals surface area contributed by atoms with Crippen molar-refractivity contribution in [2.75, 3.05) is 12.4 Å². The molecule has 4 aromatic rings. The van der Waals surface area contributed by atoms with E-state index >= 15 is 0 Å². The van der Waals surface area contributed by atoms with Crippen LogP contribution in [0.3, 0.4) is 0 Å². The van der Waals surface area contributed by atoms with Gasteiger partial charge in [0.2, 0.25) is 5.89 Å². The van der Waals surface area contributed by atoms with Crippen molar-refractivity contribution in [1.82, 2.24) is 4.98 Å². The van der Waals surface area contributed by atoms with Crippen LogP contribution in [-0.4, -0.2) is 18.0 Å². The molecule has 0 radical (unpaired) electrons. The first kappa shape index (κ1) is 18.7. The van der Waals surface area contributed by atoms with Crippen LogP contribution >= 0.6 is 0 Å². The average Bonchev–Trinajstić information content (AvgIpc) is 3.17. The zero-order valence-corrected chi connectivity index (χ0v) is 16.6. The molecule has 29 heavy (non-hydrogen) atoms. The molecule has 0 spiro atoms. The summed E-state index contributed by atoms with van der Waals surface area (Å²) in [7, 11) is 1.57. The molecule has 0 atom stereocenters. The molecule has 0 saturated carbocycles. The average molecular weight is 386 g/mol. The highest BCUT2D eigenvalue weighted by Gasteiger charge is 2.12. The van der Waals surface area contributed by atoms with E-state index < -0.39 is 0 Å². The number of benzene rings is 3. The highest BCUT2D eigenvalue weighted by molar-refractivity contribution is 6.05. The largest absolute Gasteiger partial charge is 0.497 e. The van der Waals surface area contributed by atoms with E-state index in [-0.39, 0.29) is 5.91 Å². The van der Waals surface area contributed by atoms with Gasteiger partial charge < -0.3 is 14.5 Å². The van der Waals surface area contributed by atoms with Crippen LogP contribution in [0, 0.1) is 0 Å². The van der Waals surface area contributed by atoms with Crippen LogP contribution in [0.2, 0.25) is 0 Å². The SMILES string of the molecule is COc1cccc(C(=O)Nc2ccc3oc(-c4ccc(C(C)C)cc4)nc3c2)c1. The molecular weight excluding hydrogens is 364 g/mol. The summed E-state index contributed by atoms with van der Waals surface area (Å²) in [6.07, 6.45) is 0. The van der Waals surface area contributed by atoms with Crippen molar-refractivity contribution in [3.63, 3.8) is 0 Å². The lowest BCUT2D eigenvalue weighted by Gasteiger charge is -2.06. The van der Waals surface area contributed by atoms with Crippen LogP contribution < -0.4 is 10.1 Å². The van der Waals surface area contributed by atoms with Crippen molar-refractivity contribution in [3.8, 4) is 17.2 Å². The van der Waals surface area contributed by atoms with E-state index in [0.29, 0.717) is 39.9 Å². The molecule has 1 aromatic heterocycles. The third-order valence-electron chi connectivity index (χ3n) is 4.80. The number of aromatic nitrogens is 1. The Hall–Kier alpha value is -3.60. The minimum absolute atomic E-state index is 0.212. The number of carbonyl (C=O) groups excluding carboxylic acids is 1. The Labute approximate surface area is 169 Å². The van der Waals surface area contributed by atoms with Gasteiger partial charge in [0.15, 0.2) is 5.58 Å². The number of carbonyl (C=O) groups is 1. The lowest BCUT2D eigenvalue weighted by atomic mass is 10.0. The topological polar surface area (TPSA) is 64.4 Å². The van der Waals surface area contributed by atoms with Gasteiger partial charge in [-0.05, 0) is 60.0 Å². The van der Waals surface area contributed by atoms with E-state index in [9.17, 15) is 4.79 Å². The summed E-state index contributed by atoms with van der Waals surface area (Å²) in [5.41, 5.74) is 4.74. The molecule has 0 unspecified atom stereocenters. The number of hydrogen-bond donors (Lipinski definition) is 1. The molecule has 0 aliphatic carbocycles. The Bertz CT molecular complexity index is 1160. The summed E-state index contributed by atoms with van der Waals surface area (Å²) < 4.78 is 11.1. The van der Waals surface area contributed by atoms with Crippen LogP contribution in [0.5, 0.6) is 5.75 Å². The van der Waals surface area contributed by atoms with Crippen molar-refractivity contribution in [2.45, 2.75) is 19.8 Å². The van der Waals surface area contributed by atoms with E-state index in [1.165, 1.54) is 5.56 Å². The van der Waals surface area contributed by atoms with Gasteiger partial charge in [0.05, 0.1) is 7.11 Å². The molecule has 0 saturated heterocycles. The van der Waals surface area contributed by atoms with Gasteiger partial charge in [-0.1, -0.05) is 32.0 Å². The van der Waals surface area contributed by atoms with Crippen LogP contribution in [0.4, 0.5) is 5.69 Å². The molecule has 0 bridgehead atoms. The Kier molecular flexibility index (Phi) is 5.04. The van der Waals surface area contributed by atoms with E-state index in [1.807, 2.05) is 24.3 Å². The molecule has 4 rings (SSSR count). The number of nitrogens with zero attached hydrogens (tertiary/aromatic N) is 1. The second-order valence-corrected chi connectivity index (χ2v) is 7.16. The predicted octanol–water partition coefficient (Wildman–Crippen LogP) is 5.88. The van der Waals surface area contributed by atoms with Crippen LogP contribution in [0.1, 0.15) is 35.7 Å². The van der Waals surface area contributed by atoms with Gasteiger partial charge in [-0.25, -0.2) is 4.98 Å². The van der Waals surface area contributed by atoms with Crippen LogP contribution in [0.15, 0.2) is 71.1 Å². The van der Waals surface area contributed by atoms with Crippen molar-refractivity contribution in [3.05, 3.63) is 77.9 Å². The lowest BCUT2D eigenvalue weighted by molar-refractivity contribution is 0.102. The zero-order valence-electron chi connectivity index (χ0n) is 16.6. The maximum Gasteiger partial charge on any atom is 0.255 e. The Balaban J connectivity index is 1.57.